The topological polar surface area (TPSA) is 76.7 Å². The number of nitrogens with zero attached hydrogens (tertiary/aromatic N) is 3. The van der Waals surface area contributed by atoms with E-state index in [1.54, 1.807) is 35.2 Å². The number of benzene rings is 3. The highest BCUT2D eigenvalue weighted by Gasteiger charge is 2.36. The van der Waals surface area contributed by atoms with E-state index in [0.29, 0.717) is 31.0 Å². The minimum Gasteiger partial charge on any atom is -0.494 e. The number of ether oxygens (including phenoxy) is 1. The molecular weight excluding hydrogens is 585 g/mol. The first-order chi connectivity index (χ1) is 20.9. The van der Waals surface area contributed by atoms with Gasteiger partial charge in [0.15, 0.2) is 11.6 Å². The molecule has 1 saturated heterocycles. The van der Waals surface area contributed by atoms with Crippen LogP contribution in [0.3, 0.4) is 0 Å². The van der Waals surface area contributed by atoms with Gasteiger partial charge in [0.25, 0.3) is 5.56 Å². The minimum absolute atomic E-state index is 0.155. The molecule has 0 spiro atoms. The summed E-state index contributed by atoms with van der Waals surface area (Å²) in [5.74, 6) is -2.30. The van der Waals surface area contributed by atoms with Gasteiger partial charge in [-0.2, -0.15) is 13.2 Å². The molecule has 2 heterocycles. The monoisotopic (exact) mass is 615 g/mol. The van der Waals surface area contributed by atoms with Crippen LogP contribution in [-0.2, 0) is 19.3 Å². The van der Waals surface area contributed by atoms with Crippen LogP contribution in [0.4, 0.5) is 22.0 Å². The summed E-state index contributed by atoms with van der Waals surface area (Å²) < 4.78 is 79.1. The number of halogens is 5. The van der Waals surface area contributed by atoms with Crippen molar-refractivity contribution in [3.05, 3.63) is 122 Å². The van der Waals surface area contributed by atoms with Crippen molar-refractivity contribution >= 4 is 0 Å². The van der Waals surface area contributed by atoms with Crippen LogP contribution < -0.4 is 16.0 Å². The third-order valence-corrected chi connectivity index (χ3v) is 8.08. The third kappa shape index (κ3) is 5.79. The Bertz CT molecular complexity index is 1790. The van der Waals surface area contributed by atoms with E-state index in [1.165, 1.54) is 32.2 Å². The van der Waals surface area contributed by atoms with Gasteiger partial charge in [-0.25, -0.2) is 13.6 Å². The summed E-state index contributed by atoms with van der Waals surface area (Å²) in [7, 11) is 1.23. The Balaban J connectivity index is 1.78. The minimum atomic E-state index is -4.94. The van der Waals surface area contributed by atoms with Crippen molar-refractivity contribution in [3.63, 3.8) is 0 Å². The molecule has 1 aromatic heterocycles. The molecule has 7 nitrogen and oxygen atoms in total. The molecule has 1 aliphatic rings. The van der Waals surface area contributed by atoms with Crippen LogP contribution in [0.2, 0.25) is 0 Å². The van der Waals surface area contributed by atoms with Crippen molar-refractivity contribution in [2.24, 2.45) is 0 Å². The fourth-order valence-corrected chi connectivity index (χ4v) is 5.85. The van der Waals surface area contributed by atoms with Gasteiger partial charge in [0.2, 0.25) is 0 Å². The van der Waals surface area contributed by atoms with Crippen molar-refractivity contribution in [2.75, 3.05) is 13.7 Å². The first-order valence-electron chi connectivity index (χ1n) is 13.9. The first kappa shape index (κ1) is 31.1. The number of hydrogen-bond donors (Lipinski definition) is 1. The molecule has 232 valence electrons. The summed E-state index contributed by atoms with van der Waals surface area (Å²) in [5.41, 5.74) is -4.00. The fraction of sp³-hybridized carbons (Fsp3) is 0.312. The molecule has 0 bridgehead atoms. The second-order valence-corrected chi connectivity index (χ2v) is 10.6. The molecule has 1 aliphatic heterocycles. The van der Waals surface area contributed by atoms with E-state index < -0.39 is 59.0 Å². The largest absolute Gasteiger partial charge is 0.494 e. The van der Waals surface area contributed by atoms with Gasteiger partial charge in [0, 0.05) is 23.4 Å². The Morgan fingerprint density at radius 2 is 1.68 bits per heavy atom. The third-order valence-electron chi connectivity index (χ3n) is 8.08. The van der Waals surface area contributed by atoms with Crippen LogP contribution >= 0.6 is 0 Å². The lowest BCUT2D eigenvalue weighted by Gasteiger charge is -2.31. The number of hydrogen-bond acceptors (Lipinski definition) is 5. The Labute approximate surface area is 249 Å². The fourth-order valence-electron chi connectivity index (χ4n) is 5.85. The highest BCUT2D eigenvalue weighted by Crippen LogP contribution is 2.35. The van der Waals surface area contributed by atoms with Gasteiger partial charge in [0.05, 0.1) is 37.4 Å². The molecule has 0 aliphatic carbocycles. The number of rotatable bonds is 8. The Morgan fingerprint density at radius 1 is 0.977 bits per heavy atom. The van der Waals surface area contributed by atoms with Gasteiger partial charge in [-0.05, 0) is 43.5 Å². The lowest BCUT2D eigenvalue weighted by molar-refractivity contribution is -0.138. The molecule has 0 amide bonds. The summed E-state index contributed by atoms with van der Waals surface area (Å²) in [4.78, 5) is 29.9. The molecule has 3 aromatic carbocycles. The van der Waals surface area contributed by atoms with Gasteiger partial charge >= 0.3 is 11.9 Å². The molecule has 1 fully saturated rings. The number of aliphatic hydroxyl groups excluding tert-OH is 1. The normalized spacial score (nSPS) is 16.3. The van der Waals surface area contributed by atoms with Crippen molar-refractivity contribution in [1.82, 2.24) is 14.0 Å². The quantitative estimate of drug-likeness (QED) is 0.265. The summed E-state index contributed by atoms with van der Waals surface area (Å²) in [5, 5.41) is 10.7. The molecule has 44 heavy (non-hydrogen) atoms. The van der Waals surface area contributed by atoms with Crippen LogP contribution in [0.15, 0.2) is 76.3 Å². The SMILES string of the molecule is COc1cccc(-c2c(C)n(Cc3c(F)cccc3C(F)(F)F)c(=O)n(C[C@@H](c3ccccc3)N3CCC[C@H]3O)c2=O)c1F. The molecule has 5 rings (SSSR count). The predicted octanol–water partition coefficient (Wildman–Crippen LogP) is 5.49. The number of aliphatic hydroxyl groups is 1. The summed E-state index contributed by atoms with van der Waals surface area (Å²) in [6, 6.07) is 14.7. The highest BCUT2D eigenvalue weighted by molar-refractivity contribution is 5.67. The van der Waals surface area contributed by atoms with E-state index in [2.05, 4.69) is 0 Å². The van der Waals surface area contributed by atoms with Crippen molar-refractivity contribution in [1.29, 1.82) is 0 Å². The molecule has 0 unspecified atom stereocenters. The average molecular weight is 616 g/mol. The van der Waals surface area contributed by atoms with Crippen LogP contribution in [0.1, 0.15) is 41.3 Å². The van der Waals surface area contributed by atoms with E-state index in [1.807, 2.05) is 0 Å². The van der Waals surface area contributed by atoms with Crippen LogP contribution in [0, 0.1) is 18.6 Å². The second kappa shape index (κ2) is 12.4. The molecule has 4 aromatic rings. The lowest BCUT2D eigenvalue weighted by atomic mass is 10.0. The smallest absolute Gasteiger partial charge is 0.416 e. The maximum Gasteiger partial charge on any atom is 0.416 e. The Hall–Kier alpha value is -4.29. The maximum atomic E-state index is 15.6. The zero-order chi connectivity index (χ0) is 31.8. The number of methoxy groups -OCH3 is 1. The van der Waals surface area contributed by atoms with Crippen molar-refractivity contribution in [2.45, 2.75) is 51.3 Å². The van der Waals surface area contributed by atoms with Gasteiger partial charge in [-0.1, -0.05) is 48.5 Å². The number of likely N-dealkylation sites (tertiary alicyclic amines) is 1. The molecule has 12 heteroatoms. The van der Waals surface area contributed by atoms with Gasteiger partial charge in [-0.3, -0.25) is 18.8 Å². The van der Waals surface area contributed by atoms with Gasteiger partial charge < -0.3 is 9.84 Å². The molecule has 2 atom stereocenters. The number of alkyl halides is 3. The molecular formula is C32H30F5N3O4. The summed E-state index contributed by atoms with van der Waals surface area (Å²) in [6.45, 7) is 0.555. The first-order valence-corrected chi connectivity index (χ1v) is 13.9. The van der Waals surface area contributed by atoms with Crippen LogP contribution in [0.5, 0.6) is 5.75 Å². The maximum absolute atomic E-state index is 15.6. The van der Waals surface area contributed by atoms with E-state index in [4.69, 9.17) is 4.74 Å². The standard InChI is InChI=1S/C32H30F5N3O4/c1-19-28(21-11-6-14-26(44-2)29(21)34)30(42)40(18-25(20-9-4-3-5-10-20)38-16-8-15-27(38)41)31(43)39(19)17-22-23(32(35,36)37)12-7-13-24(22)33/h3-7,9-14,25,27,41H,8,15-18H2,1-2H3/t25-,27+/m0/s1. The highest BCUT2D eigenvalue weighted by atomic mass is 19.4. The van der Waals surface area contributed by atoms with Crippen LogP contribution in [0.25, 0.3) is 11.1 Å². The van der Waals surface area contributed by atoms with E-state index in [0.717, 1.165) is 21.3 Å². The van der Waals surface area contributed by atoms with Gasteiger partial charge in [-0.15, -0.1) is 0 Å². The van der Waals surface area contributed by atoms with E-state index in [-0.39, 0.29) is 29.1 Å². The average Bonchev–Trinajstić information content (AvgIpc) is 3.42. The molecule has 0 radical (unpaired) electrons. The second-order valence-electron chi connectivity index (χ2n) is 10.6. The zero-order valence-electron chi connectivity index (χ0n) is 23.9. The van der Waals surface area contributed by atoms with Crippen molar-refractivity contribution in [3.8, 4) is 16.9 Å². The molecule has 0 saturated carbocycles. The summed E-state index contributed by atoms with van der Waals surface area (Å²) >= 11 is 0. The Kier molecular flexibility index (Phi) is 8.76. The summed E-state index contributed by atoms with van der Waals surface area (Å²) in [6.07, 6.45) is -4.68. The Morgan fingerprint density at radius 3 is 2.32 bits per heavy atom. The predicted molar refractivity (Wildman–Crippen MR) is 153 cm³/mol. The molecule has 1 N–H and O–H groups in total. The van der Waals surface area contributed by atoms with E-state index >= 15 is 4.39 Å². The lowest BCUT2D eigenvalue weighted by Crippen LogP contribution is -2.46. The van der Waals surface area contributed by atoms with E-state index in [9.17, 15) is 32.3 Å². The van der Waals surface area contributed by atoms with Crippen LogP contribution in [-0.4, -0.2) is 39.0 Å². The van der Waals surface area contributed by atoms with Gasteiger partial charge in [0.1, 0.15) is 12.0 Å². The number of aromatic nitrogens is 2. The zero-order valence-corrected chi connectivity index (χ0v) is 23.9. The van der Waals surface area contributed by atoms with Crippen molar-refractivity contribution < 1.29 is 31.8 Å².